The number of hydrogen-bond donors (Lipinski definition) is 1. The zero-order valence-corrected chi connectivity index (χ0v) is 13.1. The molecule has 1 saturated carbocycles. The van der Waals surface area contributed by atoms with E-state index < -0.39 is 5.54 Å². The van der Waals surface area contributed by atoms with Crippen LogP contribution in [0.4, 0.5) is 0 Å². The lowest BCUT2D eigenvalue weighted by atomic mass is 9.76. The summed E-state index contributed by atoms with van der Waals surface area (Å²) in [6.07, 6.45) is 6.22. The first-order valence-electron chi connectivity index (χ1n) is 8.26. The zero-order chi connectivity index (χ0) is 15.1. The minimum absolute atomic E-state index is 0.0205. The molecule has 118 valence electrons. The van der Waals surface area contributed by atoms with Gasteiger partial charge in [0, 0.05) is 6.61 Å². The lowest BCUT2D eigenvalue weighted by molar-refractivity contribution is -0.164. The van der Waals surface area contributed by atoms with E-state index in [0.717, 1.165) is 38.5 Å². The SMILES string of the molecule is CCC1C(=O)NC2(CCCCC2)C(=O)N1C1(C)CCOC1. The van der Waals surface area contributed by atoms with Crippen LogP contribution in [0, 0.1) is 0 Å². The second-order valence-corrected chi connectivity index (χ2v) is 7.03. The highest BCUT2D eigenvalue weighted by atomic mass is 16.5. The minimum atomic E-state index is -0.646. The molecule has 0 aromatic carbocycles. The average Bonchev–Trinajstić information content (AvgIpc) is 2.91. The number of carbonyl (C=O) groups is 2. The molecular weight excluding hydrogens is 268 g/mol. The first-order valence-corrected chi connectivity index (χ1v) is 8.26. The molecule has 0 radical (unpaired) electrons. The summed E-state index contributed by atoms with van der Waals surface area (Å²) < 4.78 is 5.54. The Labute approximate surface area is 126 Å². The predicted octanol–water partition coefficient (Wildman–Crippen LogP) is 1.61. The molecule has 5 nitrogen and oxygen atoms in total. The van der Waals surface area contributed by atoms with E-state index in [1.54, 1.807) is 0 Å². The molecule has 2 unspecified atom stereocenters. The molecule has 3 fully saturated rings. The quantitative estimate of drug-likeness (QED) is 0.841. The molecule has 2 heterocycles. The Morgan fingerprint density at radius 3 is 2.52 bits per heavy atom. The van der Waals surface area contributed by atoms with Crippen molar-refractivity contribution < 1.29 is 14.3 Å². The number of piperazine rings is 1. The second-order valence-electron chi connectivity index (χ2n) is 7.03. The molecule has 1 spiro atoms. The van der Waals surface area contributed by atoms with Gasteiger partial charge in [-0.1, -0.05) is 26.2 Å². The van der Waals surface area contributed by atoms with Gasteiger partial charge in [0.15, 0.2) is 0 Å². The normalized spacial score (nSPS) is 36.1. The maximum Gasteiger partial charge on any atom is 0.249 e. The maximum atomic E-state index is 13.3. The van der Waals surface area contributed by atoms with Crippen LogP contribution in [0.3, 0.4) is 0 Å². The summed E-state index contributed by atoms with van der Waals surface area (Å²) in [5, 5.41) is 3.08. The lowest BCUT2D eigenvalue weighted by Crippen LogP contribution is -2.74. The Morgan fingerprint density at radius 2 is 1.95 bits per heavy atom. The average molecular weight is 294 g/mol. The Bertz CT molecular complexity index is 437. The zero-order valence-electron chi connectivity index (χ0n) is 13.1. The Kier molecular flexibility index (Phi) is 3.72. The highest BCUT2D eigenvalue weighted by Crippen LogP contribution is 2.39. The molecule has 2 atom stereocenters. The molecule has 2 aliphatic heterocycles. The van der Waals surface area contributed by atoms with Crippen LogP contribution in [0.25, 0.3) is 0 Å². The van der Waals surface area contributed by atoms with Gasteiger partial charge in [0.1, 0.15) is 11.6 Å². The van der Waals surface area contributed by atoms with Gasteiger partial charge in [-0.25, -0.2) is 0 Å². The Hall–Kier alpha value is -1.10. The van der Waals surface area contributed by atoms with Crippen molar-refractivity contribution in [1.29, 1.82) is 0 Å². The van der Waals surface area contributed by atoms with E-state index in [-0.39, 0.29) is 23.4 Å². The standard InChI is InChI=1S/C16H26N2O3/c1-3-12-13(19)17-16(7-5-4-6-8-16)14(20)18(12)15(2)9-10-21-11-15/h12H,3-11H2,1-2H3,(H,17,19). The molecule has 1 aliphatic carbocycles. The maximum absolute atomic E-state index is 13.3. The third kappa shape index (κ3) is 2.26. The Balaban J connectivity index is 1.96. The molecule has 3 rings (SSSR count). The molecule has 3 aliphatic rings. The van der Waals surface area contributed by atoms with E-state index in [1.165, 1.54) is 0 Å². The van der Waals surface area contributed by atoms with Crippen molar-refractivity contribution >= 4 is 11.8 Å². The monoisotopic (exact) mass is 294 g/mol. The predicted molar refractivity (Wildman–Crippen MR) is 78.7 cm³/mol. The number of nitrogens with zero attached hydrogens (tertiary/aromatic N) is 1. The van der Waals surface area contributed by atoms with Crippen molar-refractivity contribution in [1.82, 2.24) is 10.2 Å². The van der Waals surface area contributed by atoms with Gasteiger partial charge in [0.05, 0.1) is 12.1 Å². The molecule has 0 aromatic rings. The number of ether oxygens (including phenoxy) is 1. The van der Waals surface area contributed by atoms with Gasteiger partial charge >= 0.3 is 0 Å². The first-order chi connectivity index (χ1) is 10.0. The molecule has 21 heavy (non-hydrogen) atoms. The highest BCUT2D eigenvalue weighted by molar-refractivity contribution is 6.00. The summed E-state index contributed by atoms with van der Waals surface area (Å²) in [5.74, 6) is 0.147. The summed E-state index contributed by atoms with van der Waals surface area (Å²) in [7, 11) is 0. The molecule has 2 saturated heterocycles. The summed E-state index contributed by atoms with van der Waals surface area (Å²) in [4.78, 5) is 27.8. The van der Waals surface area contributed by atoms with Crippen LogP contribution in [0.1, 0.15) is 58.8 Å². The van der Waals surface area contributed by atoms with E-state index in [4.69, 9.17) is 4.74 Å². The van der Waals surface area contributed by atoms with Crippen LogP contribution in [0.5, 0.6) is 0 Å². The highest BCUT2D eigenvalue weighted by Gasteiger charge is 2.55. The van der Waals surface area contributed by atoms with Crippen molar-refractivity contribution in [2.75, 3.05) is 13.2 Å². The van der Waals surface area contributed by atoms with Crippen LogP contribution in [0.2, 0.25) is 0 Å². The minimum Gasteiger partial charge on any atom is -0.379 e. The van der Waals surface area contributed by atoms with Crippen molar-refractivity contribution in [2.45, 2.75) is 75.9 Å². The molecule has 2 amide bonds. The van der Waals surface area contributed by atoms with Crippen LogP contribution in [-0.4, -0.2) is 47.0 Å². The second kappa shape index (κ2) is 5.27. The lowest BCUT2D eigenvalue weighted by Gasteiger charge is -2.52. The van der Waals surface area contributed by atoms with E-state index in [2.05, 4.69) is 12.2 Å². The summed E-state index contributed by atoms with van der Waals surface area (Å²) >= 11 is 0. The number of rotatable bonds is 2. The van der Waals surface area contributed by atoms with Gasteiger partial charge in [-0.05, 0) is 32.6 Å². The fraction of sp³-hybridized carbons (Fsp3) is 0.875. The van der Waals surface area contributed by atoms with Crippen molar-refractivity contribution in [3.63, 3.8) is 0 Å². The largest absolute Gasteiger partial charge is 0.379 e. The third-order valence-electron chi connectivity index (χ3n) is 5.48. The van der Waals surface area contributed by atoms with Gasteiger partial charge in [-0.15, -0.1) is 0 Å². The summed E-state index contributed by atoms with van der Waals surface area (Å²) in [5.41, 5.74) is -0.980. The molecule has 1 N–H and O–H groups in total. The first kappa shape index (κ1) is 14.8. The topological polar surface area (TPSA) is 58.6 Å². The molecular formula is C16H26N2O3. The number of nitrogens with one attached hydrogen (secondary N) is 1. The number of hydrogen-bond acceptors (Lipinski definition) is 3. The molecule has 0 bridgehead atoms. The van der Waals surface area contributed by atoms with Crippen molar-refractivity contribution in [3.05, 3.63) is 0 Å². The van der Waals surface area contributed by atoms with Crippen molar-refractivity contribution in [2.24, 2.45) is 0 Å². The van der Waals surface area contributed by atoms with E-state index in [0.29, 0.717) is 19.6 Å². The molecule has 5 heteroatoms. The van der Waals surface area contributed by atoms with Crippen LogP contribution in [0.15, 0.2) is 0 Å². The smallest absolute Gasteiger partial charge is 0.249 e. The Morgan fingerprint density at radius 1 is 1.24 bits per heavy atom. The van der Waals surface area contributed by atoms with Crippen LogP contribution >= 0.6 is 0 Å². The van der Waals surface area contributed by atoms with E-state index in [1.807, 2.05) is 11.8 Å². The van der Waals surface area contributed by atoms with Gasteiger partial charge in [0.2, 0.25) is 11.8 Å². The van der Waals surface area contributed by atoms with Crippen molar-refractivity contribution in [3.8, 4) is 0 Å². The summed E-state index contributed by atoms with van der Waals surface area (Å²) in [6.45, 7) is 5.25. The fourth-order valence-electron chi connectivity index (χ4n) is 4.19. The van der Waals surface area contributed by atoms with Gasteiger partial charge < -0.3 is 15.0 Å². The summed E-state index contributed by atoms with van der Waals surface area (Å²) in [6, 6.07) is -0.350. The van der Waals surface area contributed by atoms with E-state index in [9.17, 15) is 9.59 Å². The number of amides is 2. The van der Waals surface area contributed by atoms with Gasteiger partial charge in [0.25, 0.3) is 0 Å². The van der Waals surface area contributed by atoms with Crippen LogP contribution < -0.4 is 5.32 Å². The van der Waals surface area contributed by atoms with Gasteiger partial charge in [-0.3, -0.25) is 9.59 Å². The third-order valence-corrected chi connectivity index (χ3v) is 5.48. The molecule has 0 aromatic heterocycles. The van der Waals surface area contributed by atoms with Gasteiger partial charge in [-0.2, -0.15) is 0 Å². The fourth-order valence-corrected chi connectivity index (χ4v) is 4.19. The van der Waals surface area contributed by atoms with E-state index >= 15 is 0 Å². The van der Waals surface area contributed by atoms with Crippen LogP contribution in [-0.2, 0) is 14.3 Å². The number of carbonyl (C=O) groups excluding carboxylic acids is 2.